The smallest absolute Gasteiger partial charge is 0.241 e. The van der Waals surface area contributed by atoms with E-state index in [4.69, 9.17) is 15.2 Å². The van der Waals surface area contributed by atoms with E-state index in [1.807, 2.05) is 0 Å². The Labute approximate surface area is 130 Å². The van der Waals surface area contributed by atoms with E-state index in [2.05, 4.69) is 4.72 Å². The fraction of sp³-hybridized carbons (Fsp3) is 0.538. The van der Waals surface area contributed by atoms with Crippen molar-refractivity contribution in [2.24, 2.45) is 11.7 Å². The van der Waals surface area contributed by atoms with Gasteiger partial charge in [0.25, 0.3) is 0 Å². The van der Waals surface area contributed by atoms with Gasteiger partial charge in [-0.25, -0.2) is 13.1 Å². The van der Waals surface area contributed by atoms with Crippen LogP contribution in [0.25, 0.3) is 0 Å². The van der Waals surface area contributed by atoms with E-state index >= 15 is 0 Å². The van der Waals surface area contributed by atoms with Gasteiger partial charge in [0.15, 0.2) is 11.5 Å². The van der Waals surface area contributed by atoms with E-state index in [1.54, 1.807) is 6.07 Å². The molecule has 1 saturated carbocycles. The Kier molecular flexibility index (Phi) is 4.98. The van der Waals surface area contributed by atoms with Crippen molar-refractivity contribution >= 4 is 22.4 Å². The number of nitrogens with one attached hydrogen (secondary N) is 1. The molecule has 0 bridgehead atoms. The molecule has 1 unspecified atom stereocenters. The Morgan fingerprint density at radius 3 is 2.52 bits per heavy atom. The average Bonchev–Trinajstić information content (AvgIpc) is 3.29. The number of sulfonamides is 1. The van der Waals surface area contributed by atoms with Crippen molar-refractivity contribution in [3.63, 3.8) is 0 Å². The minimum Gasteiger partial charge on any atom is -0.486 e. The van der Waals surface area contributed by atoms with Crippen molar-refractivity contribution in [2.45, 2.75) is 23.8 Å². The van der Waals surface area contributed by atoms with Gasteiger partial charge >= 0.3 is 0 Å². The standard InChI is InChI=1S/C13H18N2O4S.ClH/c14-8-11(9-1-2-9)15-20(16,17)10-3-4-12-13(7-10)19-6-5-18-12;/h3-4,7,9,11,15H,1-2,5-6,8,14H2;1H. The Hall–Kier alpha value is -1.02. The molecule has 0 amide bonds. The molecule has 0 aromatic heterocycles. The minimum absolute atomic E-state index is 0. The van der Waals surface area contributed by atoms with Crippen molar-refractivity contribution in [3.8, 4) is 11.5 Å². The normalized spacial score (nSPS) is 18.7. The molecule has 6 nitrogen and oxygen atoms in total. The lowest BCUT2D eigenvalue weighted by Crippen LogP contribution is -2.41. The molecule has 21 heavy (non-hydrogen) atoms. The minimum atomic E-state index is -3.58. The molecule has 1 aromatic carbocycles. The molecule has 1 aromatic rings. The third kappa shape index (κ3) is 3.60. The SMILES string of the molecule is Cl.NCC(NS(=O)(=O)c1ccc2c(c1)OCCO2)C1CC1. The van der Waals surface area contributed by atoms with Crippen LogP contribution in [0.4, 0.5) is 0 Å². The molecule has 1 atom stereocenters. The van der Waals surface area contributed by atoms with Crippen LogP contribution in [0, 0.1) is 5.92 Å². The van der Waals surface area contributed by atoms with Gasteiger partial charge in [0.1, 0.15) is 13.2 Å². The topological polar surface area (TPSA) is 90.7 Å². The fourth-order valence-corrected chi connectivity index (χ4v) is 3.63. The Balaban J connectivity index is 0.00000161. The third-order valence-corrected chi connectivity index (χ3v) is 5.06. The number of halogens is 1. The van der Waals surface area contributed by atoms with Gasteiger partial charge in [0, 0.05) is 18.7 Å². The van der Waals surface area contributed by atoms with Crippen molar-refractivity contribution in [2.75, 3.05) is 19.8 Å². The first kappa shape index (κ1) is 16.4. The molecule has 0 spiro atoms. The first-order valence-corrected chi connectivity index (χ1v) is 8.20. The molecule has 1 aliphatic heterocycles. The number of nitrogens with two attached hydrogens (primary N) is 1. The van der Waals surface area contributed by atoms with Crippen molar-refractivity contribution in [1.29, 1.82) is 0 Å². The van der Waals surface area contributed by atoms with Crippen LogP contribution in [0.5, 0.6) is 11.5 Å². The van der Waals surface area contributed by atoms with Crippen LogP contribution in [0.3, 0.4) is 0 Å². The maximum absolute atomic E-state index is 12.4. The Morgan fingerprint density at radius 1 is 1.24 bits per heavy atom. The molecule has 118 valence electrons. The number of hydrogen-bond donors (Lipinski definition) is 2. The molecule has 3 N–H and O–H groups in total. The molecule has 3 rings (SSSR count). The molecule has 2 aliphatic rings. The van der Waals surface area contributed by atoms with Gasteiger partial charge in [-0.3, -0.25) is 0 Å². The van der Waals surface area contributed by atoms with Crippen LogP contribution in [-0.2, 0) is 10.0 Å². The number of benzene rings is 1. The molecule has 1 fully saturated rings. The summed E-state index contributed by atoms with van der Waals surface area (Å²) in [6.45, 7) is 1.22. The van der Waals surface area contributed by atoms with Crippen LogP contribution in [0.1, 0.15) is 12.8 Å². The van der Waals surface area contributed by atoms with Gasteiger partial charge in [0.2, 0.25) is 10.0 Å². The maximum atomic E-state index is 12.4. The average molecular weight is 335 g/mol. The van der Waals surface area contributed by atoms with Gasteiger partial charge in [-0.15, -0.1) is 12.4 Å². The zero-order chi connectivity index (χ0) is 14.2. The summed E-state index contributed by atoms with van der Waals surface area (Å²) in [5.41, 5.74) is 5.64. The predicted molar refractivity (Wildman–Crippen MR) is 80.6 cm³/mol. The lowest BCUT2D eigenvalue weighted by molar-refractivity contribution is 0.171. The van der Waals surface area contributed by atoms with Gasteiger partial charge in [-0.05, 0) is 30.9 Å². The second-order valence-corrected chi connectivity index (χ2v) is 6.82. The maximum Gasteiger partial charge on any atom is 0.241 e. The first-order valence-electron chi connectivity index (χ1n) is 6.72. The van der Waals surface area contributed by atoms with Crippen molar-refractivity contribution in [3.05, 3.63) is 18.2 Å². The highest BCUT2D eigenvalue weighted by Crippen LogP contribution is 2.34. The summed E-state index contributed by atoms with van der Waals surface area (Å²) in [4.78, 5) is 0.181. The van der Waals surface area contributed by atoms with Gasteiger partial charge in [0.05, 0.1) is 4.90 Å². The lowest BCUT2D eigenvalue weighted by atomic mass is 10.2. The van der Waals surface area contributed by atoms with E-state index in [0.29, 0.717) is 37.2 Å². The summed E-state index contributed by atoms with van der Waals surface area (Å²) in [7, 11) is -3.58. The number of ether oxygens (including phenoxy) is 2. The molecule has 8 heteroatoms. The number of fused-ring (bicyclic) bond motifs is 1. The van der Waals surface area contributed by atoms with Crippen molar-refractivity contribution < 1.29 is 17.9 Å². The summed E-state index contributed by atoms with van der Waals surface area (Å²) < 4.78 is 38.2. The van der Waals surface area contributed by atoms with E-state index in [0.717, 1.165) is 12.8 Å². The van der Waals surface area contributed by atoms with E-state index in [1.165, 1.54) is 12.1 Å². The van der Waals surface area contributed by atoms with Gasteiger partial charge in [-0.1, -0.05) is 0 Å². The Morgan fingerprint density at radius 2 is 1.90 bits per heavy atom. The highest BCUT2D eigenvalue weighted by Gasteiger charge is 2.33. The Bertz CT molecular complexity index is 604. The summed E-state index contributed by atoms with van der Waals surface area (Å²) in [6.07, 6.45) is 2.07. The van der Waals surface area contributed by atoms with Gasteiger partial charge < -0.3 is 15.2 Å². The largest absolute Gasteiger partial charge is 0.486 e. The third-order valence-electron chi connectivity index (χ3n) is 3.58. The molecule has 1 heterocycles. The van der Waals surface area contributed by atoms with Crippen LogP contribution < -0.4 is 19.9 Å². The second-order valence-electron chi connectivity index (χ2n) is 5.11. The summed E-state index contributed by atoms with van der Waals surface area (Å²) >= 11 is 0. The van der Waals surface area contributed by atoms with E-state index in [-0.39, 0.29) is 23.3 Å². The zero-order valence-electron chi connectivity index (χ0n) is 11.4. The molecule has 0 saturated heterocycles. The highest BCUT2D eigenvalue weighted by atomic mass is 35.5. The highest BCUT2D eigenvalue weighted by molar-refractivity contribution is 7.89. The number of rotatable bonds is 5. The fourth-order valence-electron chi connectivity index (χ4n) is 2.29. The summed E-state index contributed by atoms with van der Waals surface area (Å²) in [6, 6.07) is 4.46. The quantitative estimate of drug-likeness (QED) is 0.834. The zero-order valence-corrected chi connectivity index (χ0v) is 13.1. The molecule has 0 radical (unpaired) electrons. The second kappa shape index (κ2) is 6.39. The van der Waals surface area contributed by atoms with Gasteiger partial charge in [-0.2, -0.15) is 0 Å². The summed E-state index contributed by atoms with van der Waals surface area (Å²) in [5.74, 6) is 1.41. The van der Waals surface area contributed by atoms with E-state index < -0.39 is 10.0 Å². The van der Waals surface area contributed by atoms with Crippen LogP contribution in [0.2, 0.25) is 0 Å². The summed E-state index contributed by atoms with van der Waals surface area (Å²) in [5, 5.41) is 0. The number of hydrogen-bond acceptors (Lipinski definition) is 5. The van der Waals surface area contributed by atoms with Crippen LogP contribution >= 0.6 is 12.4 Å². The van der Waals surface area contributed by atoms with E-state index in [9.17, 15) is 8.42 Å². The van der Waals surface area contributed by atoms with Crippen LogP contribution in [-0.4, -0.2) is 34.2 Å². The predicted octanol–water partition coefficient (Wildman–Crippen LogP) is 0.895. The van der Waals surface area contributed by atoms with Crippen LogP contribution in [0.15, 0.2) is 23.1 Å². The lowest BCUT2D eigenvalue weighted by Gasteiger charge is -2.20. The molecular formula is C13H19ClN2O4S. The monoisotopic (exact) mass is 334 g/mol. The molecular weight excluding hydrogens is 316 g/mol. The van der Waals surface area contributed by atoms with Crippen molar-refractivity contribution in [1.82, 2.24) is 4.72 Å². The first-order chi connectivity index (χ1) is 9.60. The molecule has 1 aliphatic carbocycles.